The largest absolute Gasteiger partial charge is 0.508 e. The molecule has 0 aliphatic carbocycles. The molecule has 1 saturated heterocycles. The maximum atomic E-state index is 13.6. The number of aromatic nitrogens is 6. The number of aldehydes is 1. The number of carbonyl (C=O) groups is 2. The fraction of sp³-hybridized carbons (Fsp3) is 0.333. The van der Waals surface area contributed by atoms with Crippen molar-refractivity contribution in [2.45, 2.75) is 78.2 Å². The molecule has 1 amide bonds. The van der Waals surface area contributed by atoms with Crippen LogP contribution in [0.4, 0.5) is 4.79 Å². The van der Waals surface area contributed by atoms with Crippen LogP contribution in [0.15, 0.2) is 76.4 Å². The number of methoxy groups -OCH3 is 1. The molecule has 0 spiro atoms. The van der Waals surface area contributed by atoms with E-state index in [1.54, 1.807) is 33.7 Å². The monoisotopic (exact) mass is 867 g/mol. The van der Waals surface area contributed by atoms with Crippen LogP contribution in [0, 0.1) is 5.92 Å². The molecule has 2 aliphatic heterocycles. The van der Waals surface area contributed by atoms with E-state index in [9.17, 15) is 34.5 Å². The van der Waals surface area contributed by atoms with Crippen LogP contribution in [0.5, 0.6) is 17.2 Å². The van der Waals surface area contributed by atoms with Crippen LogP contribution >= 0.6 is 0 Å². The Kier molecular flexibility index (Phi) is 11.2. The lowest BCUT2D eigenvalue weighted by atomic mass is 9.94. The van der Waals surface area contributed by atoms with Gasteiger partial charge in [0.25, 0.3) is 5.56 Å². The zero-order valence-corrected chi connectivity index (χ0v) is 36.0. The van der Waals surface area contributed by atoms with Crippen molar-refractivity contribution in [3.63, 3.8) is 0 Å². The van der Waals surface area contributed by atoms with Crippen molar-refractivity contribution in [3.05, 3.63) is 116 Å². The lowest BCUT2D eigenvalue weighted by Crippen LogP contribution is -2.40. The van der Waals surface area contributed by atoms with Gasteiger partial charge < -0.3 is 43.6 Å². The van der Waals surface area contributed by atoms with E-state index in [-0.39, 0.29) is 53.1 Å². The van der Waals surface area contributed by atoms with Crippen LogP contribution in [0.3, 0.4) is 0 Å². The Bertz CT molecular complexity index is 3100. The third-order valence-corrected chi connectivity index (χ3v) is 12.8. The molecule has 16 nitrogen and oxygen atoms in total. The molecule has 0 saturated carbocycles. The van der Waals surface area contributed by atoms with Crippen molar-refractivity contribution >= 4 is 34.2 Å². The summed E-state index contributed by atoms with van der Waals surface area (Å²) in [4.78, 5) is 58.3. The summed E-state index contributed by atoms with van der Waals surface area (Å²) in [6.07, 6.45) is 3.75. The van der Waals surface area contributed by atoms with Crippen LogP contribution in [-0.4, -0.2) is 81.7 Å². The zero-order valence-electron chi connectivity index (χ0n) is 36.0. The number of piperidine rings is 1. The van der Waals surface area contributed by atoms with Gasteiger partial charge in [-0.2, -0.15) is 5.10 Å². The molecular weight excluding hydrogens is 819 g/mol. The molecule has 4 N–H and O–H groups in total. The van der Waals surface area contributed by atoms with Crippen LogP contribution in [0.2, 0.25) is 0 Å². The van der Waals surface area contributed by atoms with Gasteiger partial charge in [-0.25, -0.2) is 24.2 Å². The Balaban J connectivity index is 0.849. The number of pyridine rings is 2. The predicted molar refractivity (Wildman–Crippen MR) is 239 cm³/mol. The molecule has 7 aromatic rings. The number of phenols is 2. The predicted octanol–water partition coefficient (Wildman–Crippen LogP) is 6.70. The summed E-state index contributed by atoms with van der Waals surface area (Å²) in [6, 6.07) is 17.7. The number of aryl methyl sites for hydroxylation is 2. The van der Waals surface area contributed by atoms with Crippen LogP contribution in [0.25, 0.3) is 50.3 Å². The highest BCUT2D eigenvalue weighted by molar-refractivity contribution is 5.90. The summed E-state index contributed by atoms with van der Waals surface area (Å²) < 4.78 is 16.4. The molecular formula is C48H49N7O9. The molecule has 16 heteroatoms. The third-order valence-electron chi connectivity index (χ3n) is 12.8. The van der Waals surface area contributed by atoms with Gasteiger partial charge in [-0.05, 0) is 103 Å². The highest BCUT2D eigenvalue weighted by Crippen LogP contribution is 2.40. The number of rotatable bonds is 12. The Morgan fingerprint density at radius 1 is 0.984 bits per heavy atom. The zero-order chi connectivity index (χ0) is 45.0. The topological polar surface area (TPSA) is 207 Å². The summed E-state index contributed by atoms with van der Waals surface area (Å²) in [5, 5.41) is 40.0. The minimum absolute atomic E-state index is 0.0187. The van der Waals surface area contributed by atoms with E-state index in [0.717, 1.165) is 53.2 Å². The standard InChI is InChI=1S/C48H49N7O9/c1-5-31-33-19-30(7-8-38(33)49-44-36(31)23-54-40(44)21-34(43(59)24-56)37(25-63-4)46(54)60)64-48(62)53-15-11-27(12-16-53)10-14-52-17-13-28-18-29(6-9-39(28)52)55-45(50-51-47(55)61)35-20-32(26(2)3)41(57)22-42(35)58/h6-9,13,17-22,24,26-27,43,57-59H,5,10-12,14-16,23,25H2,1-4H3,(H,51,61). The maximum absolute atomic E-state index is 13.6. The molecule has 6 heterocycles. The molecule has 0 bridgehead atoms. The second kappa shape index (κ2) is 16.9. The minimum atomic E-state index is -1.47. The van der Waals surface area contributed by atoms with Crippen molar-refractivity contribution in [2.75, 3.05) is 20.2 Å². The number of nitrogens with one attached hydrogen (secondary N) is 1. The molecule has 0 radical (unpaired) electrons. The van der Waals surface area contributed by atoms with Gasteiger partial charge in [0, 0.05) is 72.0 Å². The Labute approximate surface area is 366 Å². The molecule has 1 fully saturated rings. The number of phenolic OH excluding ortho intramolecular Hbond substituents is 2. The summed E-state index contributed by atoms with van der Waals surface area (Å²) in [5.41, 5.74) is 5.83. The van der Waals surface area contributed by atoms with Gasteiger partial charge >= 0.3 is 11.8 Å². The third kappa shape index (κ3) is 7.41. The smallest absolute Gasteiger partial charge is 0.415 e. The van der Waals surface area contributed by atoms with Gasteiger partial charge in [0.2, 0.25) is 0 Å². The normalized spacial score (nSPS) is 14.4. The molecule has 1 atom stereocenters. The number of benzene rings is 3. The van der Waals surface area contributed by atoms with Crippen LogP contribution in [-0.2, 0) is 35.6 Å². The van der Waals surface area contributed by atoms with Gasteiger partial charge in [-0.3, -0.25) is 4.79 Å². The highest BCUT2D eigenvalue weighted by atomic mass is 16.6. The fourth-order valence-electron chi connectivity index (χ4n) is 9.41. The number of amides is 1. The van der Waals surface area contributed by atoms with E-state index < -0.39 is 17.9 Å². The van der Waals surface area contributed by atoms with Gasteiger partial charge in [0.1, 0.15) is 23.4 Å². The van der Waals surface area contributed by atoms with E-state index in [1.807, 2.05) is 57.3 Å². The number of hydrogen-bond donors (Lipinski definition) is 4. The molecule has 2 aliphatic rings. The Morgan fingerprint density at radius 3 is 2.52 bits per heavy atom. The van der Waals surface area contributed by atoms with Crippen molar-refractivity contribution in [1.29, 1.82) is 0 Å². The van der Waals surface area contributed by atoms with E-state index in [0.29, 0.717) is 71.2 Å². The van der Waals surface area contributed by atoms with E-state index in [4.69, 9.17) is 14.5 Å². The highest BCUT2D eigenvalue weighted by Gasteiger charge is 2.30. The second-order valence-corrected chi connectivity index (χ2v) is 16.9. The van der Waals surface area contributed by atoms with Gasteiger partial charge in [-0.1, -0.05) is 20.8 Å². The number of aliphatic hydroxyl groups excluding tert-OH is 1. The average Bonchev–Trinajstić information content (AvgIpc) is 3.99. The molecule has 64 heavy (non-hydrogen) atoms. The Morgan fingerprint density at radius 2 is 1.78 bits per heavy atom. The summed E-state index contributed by atoms with van der Waals surface area (Å²) >= 11 is 0. The number of hydrogen-bond acceptors (Lipinski definition) is 11. The number of fused-ring (bicyclic) bond motifs is 5. The molecule has 9 rings (SSSR count). The number of H-pyrrole nitrogens is 1. The number of ether oxygens (including phenoxy) is 2. The van der Waals surface area contributed by atoms with Gasteiger partial charge in [0.05, 0.1) is 41.3 Å². The summed E-state index contributed by atoms with van der Waals surface area (Å²) in [7, 11) is 1.45. The van der Waals surface area contributed by atoms with Crippen molar-refractivity contribution in [3.8, 4) is 45.7 Å². The minimum Gasteiger partial charge on any atom is -0.508 e. The van der Waals surface area contributed by atoms with Crippen LogP contribution < -0.4 is 16.0 Å². The van der Waals surface area contributed by atoms with Crippen molar-refractivity contribution in [2.24, 2.45) is 5.92 Å². The van der Waals surface area contributed by atoms with Crippen molar-refractivity contribution < 1.29 is 34.4 Å². The summed E-state index contributed by atoms with van der Waals surface area (Å²) in [6.45, 7) is 8.02. The molecule has 3 aromatic carbocycles. The van der Waals surface area contributed by atoms with Crippen molar-refractivity contribution in [1.82, 2.24) is 33.8 Å². The number of aromatic hydroxyl groups is 2. The first-order chi connectivity index (χ1) is 30.9. The van der Waals surface area contributed by atoms with Gasteiger partial charge in [0.15, 0.2) is 12.1 Å². The van der Waals surface area contributed by atoms with Gasteiger partial charge in [-0.15, -0.1) is 0 Å². The summed E-state index contributed by atoms with van der Waals surface area (Å²) in [5.74, 6) is 0.819. The van der Waals surface area contributed by atoms with E-state index in [2.05, 4.69) is 14.8 Å². The number of carbonyl (C=O) groups excluding carboxylic acids is 2. The first kappa shape index (κ1) is 42.3. The van der Waals surface area contributed by atoms with E-state index in [1.165, 1.54) is 17.7 Å². The number of nitrogens with zero attached hydrogens (tertiary/aromatic N) is 6. The second-order valence-electron chi connectivity index (χ2n) is 16.9. The molecule has 4 aromatic heterocycles. The number of likely N-dealkylation sites (tertiary alicyclic amines) is 1. The first-order valence-corrected chi connectivity index (χ1v) is 21.5. The average molecular weight is 868 g/mol. The van der Waals surface area contributed by atoms with Crippen LogP contribution in [0.1, 0.15) is 79.9 Å². The fourth-order valence-corrected chi connectivity index (χ4v) is 9.41. The SMILES string of the molecule is CCc1c2c(nc3ccc(OC(=O)N4CCC(CCn5ccc6cc(-n7c(-c8cc(C(C)C)c(O)cc8O)n[nH]c7=O)ccc65)CC4)cc13)-c1cc(C(O)C=O)c(COC)c(=O)n1C2. The molecule has 1 unspecified atom stereocenters. The maximum Gasteiger partial charge on any atom is 0.415 e. The number of aliphatic hydroxyl groups is 1. The first-order valence-electron chi connectivity index (χ1n) is 21.5. The van der Waals surface area contributed by atoms with E-state index >= 15 is 0 Å². The molecule has 330 valence electrons. The lowest BCUT2D eigenvalue weighted by molar-refractivity contribution is -0.115. The number of aromatic amines is 1. The Hall–Kier alpha value is -7.04. The lowest BCUT2D eigenvalue weighted by Gasteiger charge is -2.31. The quantitative estimate of drug-likeness (QED) is 0.0951.